The first-order chi connectivity index (χ1) is 8.57. The highest BCUT2D eigenvalue weighted by Crippen LogP contribution is 2.34. The molecule has 1 heterocycles. The van der Waals surface area contributed by atoms with Gasteiger partial charge in [-0.3, -0.25) is 0 Å². The van der Waals surface area contributed by atoms with Crippen LogP contribution in [0.25, 0.3) is 0 Å². The van der Waals surface area contributed by atoms with Crippen molar-refractivity contribution in [3.63, 3.8) is 0 Å². The number of pyridine rings is 1. The Kier molecular flexibility index (Phi) is 3.50. The molecule has 2 rings (SSSR count). The van der Waals surface area contributed by atoms with Crippen LogP contribution < -0.4 is 4.74 Å². The van der Waals surface area contributed by atoms with Gasteiger partial charge >= 0.3 is 6.18 Å². The molecule has 0 atom stereocenters. The predicted molar refractivity (Wildman–Crippen MR) is 60.0 cm³/mol. The van der Waals surface area contributed by atoms with Crippen molar-refractivity contribution in [3.05, 3.63) is 59.8 Å². The number of alkyl halides is 3. The molecule has 0 aliphatic rings. The molecule has 0 fully saturated rings. The summed E-state index contributed by atoms with van der Waals surface area (Å²) in [4.78, 5) is 3.62. The van der Waals surface area contributed by atoms with E-state index in [1.807, 2.05) is 6.07 Å². The third kappa shape index (κ3) is 3.00. The minimum absolute atomic E-state index is 0.0565. The average molecular weight is 253 g/mol. The Balaban J connectivity index is 2.15. The Morgan fingerprint density at radius 1 is 1.00 bits per heavy atom. The maximum absolute atomic E-state index is 12.7. The topological polar surface area (TPSA) is 22.1 Å². The summed E-state index contributed by atoms with van der Waals surface area (Å²) >= 11 is 0. The van der Waals surface area contributed by atoms with Gasteiger partial charge in [-0.1, -0.05) is 30.3 Å². The average Bonchev–Trinajstić information content (AvgIpc) is 2.37. The molecule has 0 saturated carbocycles. The van der Waals surface area contributed by atoms with E-state index in [0.29, 0.717) is 0 Å². The van der Waals surface area contributed by atoms with Gasteiger partial charge in [0, 0.05) is 6.20 Å². The van der Waals surface area contributed by atoms with Crippen LogP contribution in [-0.2, 0) is 12.8 Å². The SMILES string of the molecule is FC(F)(F)c1cccnc1OCc1ccccc1. The molecule has 1 aromatic carbocycles. The largest absolute Gasteiger partial charge is 0.472 e. The lowest BCUT2D eigenvalue weighted by molar-refractivity contribution is -0.139. The molecule has 0 bridgehead atoms. The van der Waals surface area contributed by atoms with Crippen LogP contribution in [0.5, 0.6) is 5.88 Å². The first kappa shape index (κ1) is 12.4. The highest BCUT2D eigenvalue weighted by molar-refractivity contribution is 5.28. The van der Waals surface area contributed by atoms with Gasteiger partial charge in [0.1, 0.15) is 12.2 Å². The van der Waals surface area contributed by atoms with Gasteiger partial charge in [-0.25, -0.2) is 4.98 Å². The Hall–Kier alpha value is -2.04. The van der Waals surface area contributed by atoms with Crippen LogP contribution in [0.3, 0.4) is 0 Å². The normalized spacial score (nSPS) is 11.3. The maximum Gasteiger partial charge on any atom is 0.421 e. The van der Waals surface area contributed by atoms with Crippen molar-refractivity contribution in [2.45, 2.75) is 12.8 Å². The summed E-state index contributed by atoms with van der Waals surface area (Å²) in [5.74, 6) is -0.395. The van der Waals surface area contributed by atoms with E-state index in [-0.39, 0.29) is 6.61 Å². The number of aromatic nitrogens is 1. The van der Waals surface area contributed by atoms with Crippen molar-refractivity contribution >= 4 is 0 Å². The zero-order valence-corrected chi connectivity index (χ0v) is 9.32. The second kappa shape index (κ2) is 5.08. The third-order valence-corrected chi connectivity index (χ3v) is 2.29. The van der Waals surface area contributed by atoms with Crippen LogP contribution in [0.4, 0.5) is 13.2 Å². The molecule has 1 aromatic heterocycles. The zero-order chi connectivity index (χ0) is 13.0. The maximum atomic E-state index is 12.7. The fourth-order valence-electron chi connectivity index (χ4n) is 1.45. The van der Waals surface area contributed by atoms with Crippen LogP contribution in [0.2, 0.25) is 0 Å². The molecule has 18 heavy (non-hydrogen) atoms. The third-order valence-electron chi connectivity index (χ3n) is 2.29. The van der Waals surface area contributed by atoms with Crippen LogP contribution in [-0.4, -0.2) is 4.98 Å². The second-order valence-electron chi connectivity index (χ2n) is 3.63. The van der Waals surface area contributed by atoms with E-state index in [1.165, 1.54) is 12.3 Å². The summed E-state index contributed by atoms with van der Waals surface area (Å²) in [7, 11) is 0. The van der Waals surface area contributed by atoms with E-state index in [4.69, 9.17) is 4.74 Å². The summed E-state index contributed by atoms with van der Waals surface area (Å²) in [5, 5.41) is 0. The van der Waals surface area contributed by atoms with Gasteiger partial charge in [0.05, 0.1) is 0 Å². The van der Waals surface area contributed by atoms with Crippen molar-refractivity contribution in [2.75, 3.05) is 0 Å². The second-order valence-corrected chi connectivity index (χ2v) is 3.63. The lowest BCUT2D eigenvalue weighted by Crippen LogP contribution is -2.09. The van der Waals surface area contributed by atoms with Crippen molar-refractivity contribution in [1.29, 1.82) is 0 Å². The zero-order valence-electron chi connectivity index (χ0n) is 9.32. The number of ether oxygens (including phenoxy) is 1. The predicted octanol–water partition coefficient (Wildman–Crippen LogP) is 3.68. The van der Waals surface area contributed by atoms with Crippen LogP contribution in [0.15, 0.2) is 48.7 Å². The number of halogens is 3. The number of benzene rings is 1. The smallest absolute Gasteiger partial charge is 0.421 e. The quantitative estimate of drug-likeness (QED) is 0.832. The van der Waals surface area contributed by atoms with E-state index < -0.39 is 17.6 Å². The van der Waals surface area contributed by atoms with Crippen LogP contribution >= 0.6 is 0 Å². The van der Waals surface area contributed by atoms with Gasteiger partial charge < -0.3 is 4.74 Å². The Labute approximate surface area is 102 Å². The van der Waals surface area contributed by atoms with E-state index in [0.717, 1.165) is 11.6 Å². The molecule has 0 amide bonds. The number of rotatable bonds is 3. The van der Waals surface area contributed by atoms with Gasteiger partial charge in [-0.15, -0.1) is 0 Å². The van der Waals surface area contributed by atoms with Gasteiger partial charge in [0.2, 0.25) is 5.88 Å². The summed E-state index contributed by atoms with van der Waals surface area (Å²) < 4.78 is 43.1. The van der Waals surface area contributed by atoms with Crippen LogP contribution in [0, 0.1) is 0 Å². The monoisotopic (exact) mass is 253 g/mol. The molecule has 0 N–H and O–H groups in total. The molecule has 5 heteroatoms. The molecule has 2 aromatic rings. The Morgan fingerprint density at radius 3 is 2.39 bits per heavy atom. The first-order valence-electron chi connectivity index (χ1n) is 5.26. The minimum atomic E-state index is -4.46. The fourth-order valence-corrected chi connectivity index (χ4v) is 1.45. The van der Waals surface area contributed by atoms with Gasteiger partial charge in [-0.2, -0.15) is 13.2 Å². The Morgan fingerprint density at radius 2 is 1.72 bits per heavy atom. The molecule has 0 aliphatic carbocycles. The van der Waals surface area contributed by atoms with Gasteiger partial charge in [0.25, 0.3) is 0 Å². The fraction of sp³-hybridized carbons (Fsp3) is 0.154. The van der Waals surface area contributed by atoms with Gasteiger partial charge in [-0.05, 0) is 17.7 Å². The number of nitrogens with zero attached hydrogens (tertiary/aromatic N) is 1. The lowest BCUT2D eigenvalue weighted by Gasteiger charge is -2.12. The number of hydrogen-bond donors (Lipinski definition) is 0. The minimum Gasteiger partial charge on any atom is -0.472 e. The van der Waals surface area contributed by atoms with E-state index >= 15 is 0 Å². The van der Waals surface area contributed by atoms with Crippen LogP contribution in [0.1, 0.15) is 11.1 Å². The first-order valence-corrected chi connectivity index (χ1v) is 5.26. The summed E-state index contributed by atoms with van der Waals surface area (Å²) in [6.07, 6.45) is -3.18. The molecule has 94 valence electrons. The summed E-state index contributed by atoms with van der Waals surface area (Å²) in [5.41, 5.74) is -0.0720. The molecule has 0 unspecified atom stereocenters. The van der Waals surface area contributed by atoms with Crippen molar-refractivity contribution in [3.8, 4) is 5.88 Å². The summed E-state index contributed by atoms with van der Waals surface area (Å²) in [6.45, 7) is 0.0565. The standard InChI is InChI=1S/C13H10F3NO/c14-13(15,16)11-7-4-8-17-12(11)18-9-10-5-2-1-3-6-10/h1-8H,9H2. The van der Waals surface area contributed by atoms with Crippen molar-refractivity contribution in [1.82, 2.24) is 4.98 Å². The van der Waals surface area contributed by atoms with E-state index in [9.17, 15) is 13.2 Å². The van der Waals surface area contributed by atoms with E-state index in [2.05, 4.69) is 4.98 Å². The molecule has 0 aliphatic heterocycles. The molecule has 0 saturated heterocycles. The lowest BCUT2D eigenvalue weighted by atomic mass is 10.2. The highest BCUT2D eigenvalue weighted by Gasteiger charge is 2.34. The highest BCUT2D eigenvalue weighted by atomic mass is 19.4. The molecular weight excluding hydrogens is 243 g/mol. The number of hydrogen-bond acceptors (Lipinski definition) is 2. The van der Waals surface area contributed by atoms with Gasteiger partial charge in [0.15, 0.2) is 0 Å². The van der Waals surface area contributed by atoms with Crippen molar-refractivity contribution in [2.24, 2.45) is 0 Å². The van der Waals surface area contributed by atoms with Crippen molar-refractivity contribution < 1.29 is 17.9 Å². The molecular formula is C13H10F3NO. The molecule has 0 radical (unpaired) electrons. The Bertz CT molecular complexity index is 511. The summed E-state index contributed by atoms with van der Waals surface area (Å²) in [6, 6.07) is 11.1. The van der Waals surface area contributed by atoms with E-state index in [1.54, 1.807) is 24.3 Å². The molecule has 0 spiro atoms. The molecule has 2 nitrogen and oxygen atoms in total.